The average molecular weight is 186 g/mol. The van der Waals surface area contributed by atoms with Gasteiger partial charge >= 0.3 is 0 Å². The van der Waals surface area contributed by atoms with Crippen LogP contribution in [0, 0.1) is 11.3 Å². The third-order valence-corrected chi connectivity index (χ3v) is 3.24. The van der Waals surface area contributed by atoms with Crippen molar-refractivity contribution in [2.45, 2.75) is 32.6 Å². The van der Waals surface area contributed by atoms with Gasteiger partial charge in [-0.2, -0.15) is 0 Å². The summed E-state index contributed by atoms with van der Waals surface area (Å²) in [6.07, 6.45) is 5.17. The Hall–Kier alpha value is -0.0800. The number of ether oxygens (including phenoxy) is 2. The Morgan fingerprint density at radius 1 is 1.08 bits per heavy atom. The van der Waals surface area contributed by atoms with Gasteiger partial charge < -0.3 is 9.47 Å². The highest BCUT2D eigenvalue weighted by atomic mass is 16.5. The lowest BCUT2D eigenvalue weighted by molar-refractivity contribution is -0.0212. The van der Waals surface area contributed by atoms with E-state index >= 15 is 0 Å². The molecule has 78 valence electrons. The topological polar surface area (TPSA) is 18.5 Å². The minimum absolute atomic E-state index is 0.315. The van der Waals surface area contributed by atoms with E-state index < -0.39 is 0 Å². The molecule has 0 unspecified atom stereocenters. The second-order valence-electron chi connectivity index (χ2n) is 4.55. The fraction of sp³-hybridized carbons (Fsp3) is 1.00. The minimum Gasteiger partial charge on any atom is -0.384 e. The molecule has 0 aliphatic heterocycles. The van der Waals surface area contributed by atoms with Crippen molar-refractivity contribution in [2.75, 3.05) is 27.4 Å². The molecule has 1 aliphatic carbocycles. The zero-order chi connectivity index (χ0) is 9.73. The largest absolute Gasteiger partial charge is 0.384 e. The summed E-state index contributed by atoms with van der Waals surface area (Å²) in [7, 11) is 3.57. The van der Waals surface area contributed by atoms with Crippen molar-refractivity contribution < 1.29 is 9.47 Å². The van der Waals surface area contributed by atoms with E-state index in [9.17, 15) is 0 Å². The number of rotatable bonds is 4. The highest BCUT2D eigenvalue weighted by molar-refractivity contribution is 4.84. The summed E-state index contributed by atoms with van der Waals surface area (Å²) in [5, 5.41) is 0. The van der Waals surface area contributed by atoms with Crippen LogP contribution in [-0.2, 0) is 9.47 Å². The Morgan fingerprint density at radius 2 is 1.54 bits per heavy atom. The molecule has 0 heterocycles. The Morgan fingerprint density at radius 3 is 1.92 bits per heavy atom. The molecule has 1 saturated carbocycles. The first-order valence-electron chi connectivity index (χ1n) is 5.20. The molecule has 0 spiro atoms. The first-order chi connectivity index (χ1) is 6.22. The summed E-state index contributed by atoms with van der Waals surface area (Å²) < 4.78 is 10.6. The van der Waals surface area contributed by atoms with Crippen molar-refractivity contribution in [1.29, 1.82) is 0 Å². The molecular weight excluding hydrogens is 164 g/mol. The monoisotopic (exact) mass is 186 g/mol. The second kappa shape index (κ2) is 4.97. The van der Waals surface area contributed by atoms with E-state index in [0.29, 0.717) is 5.41 Å². The third-order valence-electron chi connectivity index (χ3n) is 3.24. The first-order valence-corrected chi connectivity index (χ1v) is 5.20. The van der Waals surface area contributed by atoms with Gasteiger partial charge in [0, 0.05) is 19.6 Å². The van der Waals surface area contributed by atoms with Crippen molar-refractivity contribution in [2.24, 2.45) is 11.3 Å². The molecule has 13 heavy (non-hydrogen) atoms. The van der Waals surface area contributed by atoms with E-state index in [-0.39, 0.29) is 0 Å². The summed E-state index contributed by atoms with van der Waals surface area (Å²) in [6, 6.07) is 0. The fourth-order valence-electron chi connectivity index (χ4n) is 2.32. The maximum absolute atomic E-state index is 5.29. The molecule has 0 bridgehead atoms. The summed E-state index contributed by atoms with van der Waals surface area (Å²) in [5.41, 5.74) is 0.315. The van der Waals surface area contributed by atoms with E-state index in [1.54, 1.807) is 14.2 Å². The maximum Gasteiger partial charge on any atom is 0.0540 e. The van der Waals surface area contributed by atoms with Crippen LogP contribution in [-0.4, -0.2) is 27.4 Å². The van der Waals surface area contributed by atoms with Crippen LogP contribution in [0.3, 0.4) is 0 Å². The van der Waals surface area contributed by atoms with Crippen LogP contribution in [0.5, 0.6) is 0 Å². The predicted octanol–water partition coefficient (Wildman–Crippen LogP) is 2.48. The number of hydrogen-bond acceptors (Lipinski definition) is 2. The Kier molecular flexibility index (Phi) is 4.20. The fourth-order valence-corrected chi connectivity index (χ4v) is 2.32. The molecule has 1 aliphatic rings. The molecule has 1 rings (SSSR count). The average Bonchev–Trinajstić information content (AvgIpc) is 2.11. The van der Waals surface area contributed by atoms with Crippen LogP contribution >= 0.6 is 0 Å². The van der Waals surface area contributed by atoms with E-state index in [0.717, 1.165) is 19.1 Å². The van der Waals surface area contributed by atoms with Crippen molar-refractivity contribution in [3.8, 4) is 0 Å². The molecule has 0 amide bonds. The summed E-state index contributed by atoms with van der Waals surface area (Å²) >= 11 is 0. The van der Waals surface area contributed by atoms with Crippen LogP contribution in [0.2, 0.25) is 0 Å². The van der Waals surface area contributed by atoms with Gasteiger partial charge in [0.2, 0.25) is 0 Å². The van der Waals surface area contributed by atoms with Gasteiger partial charge in [0.05, 0.1) is 13.2 Å². The molecule has 0 saturated heterocycles. The molecule has 0 aromatic heterocycles. The normalized spacial score (nSPS) is 23.3. The summed E-state index contributed by atoms with van der Waals surface area (Å²) in [6.45, 7) is 4.05. The summed E-state index contributed by atoms with van der Waals surface area (Å²) in [5.74, 6) is 0.891. The van der Waals surface area contributed by atoms with Gasteiger partial charge in [-0.25, -0.2) is 0 Å². The van der Waals surface area contributed by atoms with E-state index in [2.05, 4.69) is 6.92 Å². The van der Waals surface area contributed by atoms with Crippen LogP contribution in [0.4, 0.5) is 0 Å². The highest BCUT2D eigenvalue weighted by Gasteiger charge is 2.34. The van der Waals surface area contributed by atoms with Gasteiger partial charge in [0.15, 0.2) is 0 Å². The van der Waals surface area contributed by atoms with Crippen molar-refractivity contribution in [3.05, 3.63) is 0 Å². The standard InChI is InChI=1S/C11H22O2/c1-10-4-6-11(7-5-10,8-12-2)9-13-3/h10H,4-9H2,1-3H3. The van der Waals surface area contributed by atoms with Crippen molar-refractivity contribution in [1.82, 2.24) is 0 Å². The lowest BCUT2D eigenvalue weighted by Crippen LogP contribution is -2.35. The van der Waals surface area contributed by atoms with E-state index in [4.69, 9.17) is 9.47 Å². The SMILES string of the molecule is COCC1(COC)CCC(C)CC1. The van der Waals surface area contributed by atoms with Crippen LogP contribution < -0.4 is 0 Å². The van der Waals surface area contributed by atoms with Gasteiger partial charge in [-0.1, -0.05) is 19.8 Å². The van der Waals surface area contributed by atoms with Crippen LogP contribution in [0.15, 0.2) is 0 Å². The smallest absolute Gasteiger partial charge is 0.0540 e. The van der Waals surface area contributed by atoms with E-state index in [1.807, 2.05) is 0 Å². The van der Waals surface area contributed by atoms with E-state index in [1.165, 1.54) is 25.7 Å². The third kappa shape index (κ3) is 2.96. The van der Waals surface area contributed by atoms with Gasteiger partial charge in [-0.05, 0) is 18.8 Å². The molecule has 2 heteroatoms. The molecule has 2 nitrogen and oxygen atoms in total. The molecule has 0 aromatic rings. The van der Waals surface area contributed by atoms with Gasteiger partial charge in [0.25, 0.3) is 0 Å². The van der Waals surface area contributed by atoms with Crippen molar-refractivity contribution in [3.63, 3.8) is 0 Å². The highest BCUT2D eigenvalue weighted by Crippen LogP contribution is 2.39. The molecule has 0 radical (unpaired) electrons. The molecule has 1 fully saturated rings. The Balaban J connectivity index is 2.47. The van der Waals surface area contributed by atoms with Gasteiger partial charge in [0.1, 0.15) is 0 Å². The Labute approximate surface area is 81.6 Å². The predicted molar refractivity (Wildman–Crippen MR) is 53.8 cm³/mol. The van der Waals surface area contributed by atoms with Gasteiger partial charge in [-0.15, -0.1) is 0 Å². The number of hydrogen-bond donors (Lipinski definition) is 0. The quantitative estimate of drug-likeness (QED) is 0.671. The van der Waals surface area contributed by atoms with Crippen LogP contribution in [0.1, 0.15) is 32.6 Å². The van der Waals surface area contributed by atoms with Gasteiger partial charge in [-0.3, -0.25) is 0 Å². The lowest BCUT2D eigenvalue weighted by Gasteiger charge is -2.38. The Bertz CT molecular complexity index is 129. The number of methoxy groups -OCH3 is 2. The zero-order valence-corrected chi connectivity index (χ0v) is 9.14. The second-order valence-corrected chi connectivity index (χ2v) is 4.55. The lowest BCUT2D eigenvalue weighted by atomic mass is 9.72. The van der Waals surface area contributed by atoms with Crippen LogP contribution in [0.25, 0.3) is 0 Å². The molecule has 0 N–H and O–H groups in total. The zero-order valence-electron chi connectivity index (χ0n) is 9.14. The molecule has 0 aromatic carbocycles. The summed E-state index contributed by atoms with van der Waals surface area (Å²) in [4.78, 5) is 0. The molecular formula is C11H22O2. The van der Waals surface area contributed by atoms with Crippen molar-refractivity contribution >= 4 is 0 Å². The molecule has 0 atom stereocenters. The first kappa shape index (κ1) is 11.0. The maximum atomic E-state index is 5.29. The minimum atomic E-state index is 0.315.